The molecular weight excluding hydrogens is 316 g/mol. The standard InChI is InChI=1S/C19H20N4O2/c1-14-17(19(24)25-2)12-15(13-20)18(21-14)23-10-8-22(9-11-23)16-6-4-3-5-7-16/h3-7,12H,8-11H2,1-2H3/p+1. The molecule has 6 nitrogen and oxygen atoms in total. The van der Waals surface area contributed by atoms with Gasteiger partial charge in [-0.2, -0.15) is 5.26 Å². The fraction of sp³-hybridized carbons (Fsp3) is 0.316. The van der Waals surface area contributed by atoms with Gasteiger partial charge in [-0.25, -0.2) is 9.78 Å². The van der Waals surface area contributed by atoms with Gasteiger partial charge in [-0.1, -0.05) is 18.2 Å². The molecule has 128 valence electrons. The predicted octanol–water partition coefficient (Wildman–Crippen LogP) is 1.79. The number of benzene rings is 1. The molecule has 0 radical (unpaired) electrons. The number of hydrogen-bond acceptors (Lipinski definition) is 5. The summed E-state index contributed by atoms with van der Waals surface area (Å²) in [6, 6.07) is 14.1. The van der Waals surface area contributed by atoms with Crippen molar-refractivity contribution in [3.05, 3.63) is 53.2 Å². The van der Waals surface area contributed by atoms with Crippen LogP contribution in [0.1, 0.15) is 21.6 Å². The number of hydrogen-bond donors (Lipinski definition) is 0. The zero-order valence-electron chi connectivity index (χ0n) is 14.5. The van der Waals surface area contributed by atoms with E-state index >= 15 is 0 Å². The first-order chi connectivity index (χ1) is 12.1. The number of nitrogens with one attached hydrogen (secondary N) is 1. The lowest BCUT2D eigenvalue weighted by Gasteiger charge is -2.32. The Balaban J connectivity index is 1.80. The number of anilines is 2. The Morgan fingerprint density at radius 2 is 1.80 bits per heavy atom. The van der Waals surface area contributed by atoms with Gasteiger partial charge < -0.3 is 9.64 Å². The van der Waals surface area contributed by atoms with Crippen LogP contribution in [0.4, 0.5) is 11.5 Å². The summed E-state index contributed by atoms with van der Waals surface area (Å²) in [7, 11) is 1.34. The molecular formula is C19H21N4O2+. The molecule has 0 saturated carbocycles. The van der Waals surface area contributed by atoms with Gasteiger partial charge in [0, 0.05) is 5.69 Å². The van der Waals surface area contributed by atoms with Crippen LogP contribution in [0, 0.1) is 18.3 Å². The average Bonchev–Trinajstić information content (AvgIpc) is 2.68. The smallest absolute Gasteiger partial charge is 0.341 e. The van der Waals surface area contributed by atoms with E-state index in [1.165, 1.54) is 12.8 Å². The van der Waals surface area contributed by atoms with Gasteiger partial charge in [0.1, 0.15) is 36.0 Å². The van der Waals surface area contributed by atoms with Gasteiger partial charge in [0.05, 0.1) is 20.2 Å². The average molecular weight is 337 g/mol. The number of ether oxygens (including phenoxy) is 1. The molecule has 1 N–H and O–H groups in total. The van der Waals surface area contributed by atoms with Crippen molar-refractivity contribution in [1.82, 2.24) is 0 Å². The molecule has 2 aromatic rings. The molecule has 0 bridgehead atoms. The fourth-order valence-corrected chi connectivity index (χ4v) is 3.12. The quantitative estimate of drug-likeness (QED) is 0.799. The Labute approximate surface area is 147 Å². The lowest BCUT2D eigenvalue weighted by atomic mass is 10.1. The number of nitriles is 1. The van der Waals surface area contributed by atoms with E-state index in [2.05, 4.69) is 33.0 Å². The number of rotatable bonds is 3. The van der Waals surface area contributed by atoms with Gasteiger partial charge in [-0.3, -0.25) is 4.90 Å². The largest absolute Gasteiger partial charge is 0.465 e. The molecule has 25 heavy (non-hydrogen) atoms. The zero-order chi connectivity index (χ0) is 17.8. The third kappa shape index (κ3) is 3.41. The Hall–Kier alpha value is -3.07. The first-order valence-corrected chi connectivity index (χ1v) is 8.24. The number of carbonyl (C=O) groups excluding carboxylic acids is 1. The van der Waals surface area contributed by atoms with E-state index in [4.69, 9.17) is 4.74 Å². The minimum atomic E-state index is -0.439. The number of methoxy groups -OCH3 is 1. The third-order valence-electron chi connectivity index (χ3n) is 4.50. The lowest BCUT2D eigenvalue weighted by molar-refractivity contribution is -0.374. The monoisotopic (exact) mass is 337 g/mol. The van der Waals surface area contributed by atoms with Crippen molar-refractivity contribution in [2.75, 3.05) is 43.1 Å². The highest BCUT2D eigenvalue weighted by atomic mass is 16.5. The first kappa shape index (κ1) is 16.8. The van der Waals surface area contributed by atoms with Crippen molar-refractivity contribution in [3.8, 4) is 6.07 Å². The van der Waals surface area contributed by atoms with Crippen molar-refractivity contribution in [2.24, 2.45) is 0 Å². The number of H-pyrrole nitrogens is 1. The van der Waals surface area contributed by atoms with Crippen LogP contribution in [0.5, 0.6) is 0 Å². The Morgan fingerprint density at radius 1 is 1.16 bits per heavy atom. The molecule has 0 aliphatic carbocycles. The topological polar surface area (TPSA) is 70.7 Å². The highest BCUT2D eigenvalue weighted by Crippen LogP contribution is 2.21. The molecule has 6 heteroatoms. The number of pyridine rings is 1. The molecule has 1 fully saturated rings. The van der Waals surface area contributed by atoms with Crippen LogP contribution >= 0.6 is 0 Å². The number of aromatic amines is 1. The van der Waals surface area contributed by atoms with Crippen molar-refractivity contribution in [1.29, 1.82) is 5.26 Å². The van der Waals surface area contributed by atoms with Crippen LogP contribution in [0.15, 0.2) is 36.4 Å². The van der Waals surface area contributed by atoms with Crippen LogP contribution in [-0.4, -0.2) is 39.3 Å². The number of nitrogens with zero attached hydrogens (tertiary/aromatic N) is 3. The lowest BCUT2D eigenvalue weighted by Crippen LogP contribution is -2.48. The van der Waals surface area contributed by atoms with Crippen molar-refractivity contribution >= 4 is 17.5 Å². The molecule has 1 aromatic carbocycles. The molecule has 0 unspecified atom stereocenters. The summed E-state index contributed by atoms with van der Waals surface area (Å²) in [4.78, 5) is 19.5. The highest BCUT2D eigenvalue weighted by Gasteiger charge is 2.28. The second kappa shape index (κ2) is 7.22. The van der Waals surface area contributed by atoms with Crippen LogP contribution in [0.3, 0.4) is 0 Å². The van der Waals surface area contributed by atoms with Crippen LogP contribution in [-0.2, 0) is 4.74 Å². The van der Waals surface area contributed by atoms with E-state index in [-0.39, 0.29) is 0 Å². The molecule has 0 atom stereocenters. The molecule has 0 spiro atoms. The third-order valence-corrected chi connectivity index (χ3v) is 4.50. The van der Waals surface area contributed by atoms with E-state index < -0.39 is 5.97 Å². The van der Waals surface area contributed by atoms with Gasteiger partial charge in [0.25, 0.3) is 5.82 Å². The highest BCUT2D eigenvalue weighted by molar-refractivity contribution is 5.90. The maximum atomic E-state index is 11.8. The van der Waals surface area contributed by atoms with E-state index in [1.54, 1.807) is 6.07 Å². The second-order valence-corrected chi connectivity index (χ2v) is 5.98. The summed E-state index contributed by atoms with van der Waals surface area (Å²) in [5.74, 6) is 0.325. The summed E-state index contributed by atoms with van der Waals surface area (Å²) in [5, 5.41) is 9.49. The Morgan fingerprint density at radius 3 is 2.40 bits per heavy atom. The number of carbonyl (C=O) groups is 1. The summed E-state index contributed by atoms with van der Waals surface area (Å²) in [6.07, 6.45) is 0. The molecule has 2 heterocycles. The van der Waals surface area contributed by atoms with Crippen LogP contribution in [0.25, 0.3) is 0 Å². The zero-order valence-corrected chi connectivity index (χ0v) is 14.5. The van der Waals surface area contributed by atoms with Gasteiger partial charge in [-0.05, 0) is 25.1 Å². The number of piperazine rings is 1. The van der Waals surface area contributed by atoms with Gasteiger partial charge >= 0.3 is 5.97 Å². The Bertz CT molecular complexity index is 806. The van der Waals surface area contributed by atoms with E-state index in [0.717, 1.165) is 32.0 Å². The van der Waals surface area contributed by atoms with Crippen molar-refractivity contribution < 1.29 is 14.5 Å². The molecule has 3 rings (SSSR count). The molecule has 1 aliphatic rings. The summed E-state index contributed by atoms with van der Waals surface area (Å²) in [6.45, 7) is 5.17. The summed E-state index contributed by atoms with van der Waals surface area (Å²) < 4.78 is 4.78. The number of aromatic nitrogens is 1. The Kier molecular flexibility index (Phi) is 4.85. The minimum absolute atomic E-state index is 0.394. The summed E-state index contributed by atoms with van der Waals surface area (Å²) in [5.41, 5.74) is 2.76. The predicted molar refractivity (Wildman–Crippen MR) is 94.7 cm³/mol. The van der Waals surface area contributed by atoms with Gasteiger partial charge in [0.15, 0.2) is 0 Å². The first-order valence-electron chi connectivity index (χ1n) is 8.24. The second-order valence-electron chi connectivity index (χ2n) is 5.98. The minimum Gasteiger partial charge on any atom is -0.465 e. The SMILES string of the molecule is COC(=O)c1cc(C#N)c(N2CCN(c3ccccc3)CC2)[nH+]c1C. The van der Waals surface area contributed by atoms with Crippen molar-refractivity contribution in [2.45, 2.75) is 6.92 Å². The van der Waals surface area contributed by atoms with Gasteiger partial charge in [-0.15, -0.1) is 0 Å². The number of esters is 1. The normalized spacial score (nSPS) is 14.1. The van der Waals surface area contributed by atoms with Crippen molar-refractivity contribution in [3.63, 3.8) is 0 Å². The van der Waals surface area contributed by atoms with Crippen LogP contribution < -0.4 is 14.8 Å². The van der Waals surface area contributed by atoms with Crippen LogP contribution in [0.2, 0.25) is 0 Å². The number of aryl methyl sites for hydroxylation is 1. The summed E-state index contributed by atoms with van der Waals surface area (Å²) >= 11 is 0. The van der Waals surface area contributed by atoms with E-state index in [9.17, 15) is 10.1 Å². The fourth-order valence-electron chi connectivity index (χ4n) is 3.12. The van der Waals surface area contributed by atoms with Gasteiger partial charge in [0.2, 0.25) is 0 Å². The van der Waals surface area contributed by atoms with E-state index in [0.29, 0.717) is 16.8 Å². The molecule has 1 aromatic heterocycles. The molecule has 1 aliphatic heterocycles. The van der Waals surface area contributed by atoms with E-state index in [1.807, 2.05) is 25.1 Å². The molecule has 1 saturated heterocycles. The maximum absolute atomic E-state index is 11.8. The number of para-hydroxylation sites is 1. The maximum Gasteiger partial charge on any atom is 0.341 e. The molecule has 0 amide bonds.